The number of hydrogen-bond donors (Lipinski definition) is 0. The highest BCUT2D eigenvalue weighted by atomic mass is 16.6. The number of ether oxygens (including phenoxy) is 2. The third-order valence-electron chi connectivity index (χ3n) is 13.0. The van der Waals surface area contributed by atoms with Crippen LogP contribution < -0.4 is 0 Å². The molecule has 4 heteroatoms. The van der Waals surface area contributed by atoms with Gasteiger partial charge in [-0.1, -0.05) is 13.8 Å². The molecule has 0 aromatic carbocycles. The Kier molecular flexibility index (Phi) is 5.48. The first-order valence-electron chi connectivity index (χ1n) is 15.7. The maximum atomic E-state index is 13.5. The summed E-state index contributed by atoms with van der Waals surface area (Å²) in [5, 5.41) is 0. The molecule has 8 rings (SSSR count). The van der Waals surface area contributed by atoms with Gasteiger partial charge in [0, 0.05) is 0 Å². The van der Waals surface area contributed by atoms with Crippen LogP contribution in [0.3, 0.4) is 0 Å². The third kappa shape index (κ3) is 3.73. The van der Waals surface area contributed by atoms with E-state index in [0.717, 1.165) is 43.9 Å². The molecule has 0 aromatic rings. The fourth-order valence-corrected chi connectivity index (χ4v) is 12.2. The Balaban J connectivity index is 1.04. The summed E-state index contributed by atoms with van der Waals surface area (Å²) in [6, 6.07) is 0. The first kappa shape index (κ1) is 24.0. The SMILES string of the molecule is CC[C@@]1(OC(=O)CC23CC4CC(C2)CC(CC(=O)O[C@@]2(CC)C[C@@H]5CC[C@H]2C5)(C4)C3)C[C@H]2CC[C@@H]1C2. The summed E-state index contributed by atoms with van der Waals surface area (Å²) in [5.41, 5.74) is -0.246. The predicted octanol–water partition coefficient (Wildman–Crippen LogP) is 7.38. The number of hydrogen-bond acceptors (Lipinski definition) is 4. The first-order valence-corrected chi connectivity index (χ1v) is 15.7. The summed E-state index contributed by atoms with van der Waals surface area (Å²) in [5.74, 6) is 4.22. The normalized spacial score (nSPS) is 51.7. The zero-order chi connectivity index (χ0) is 24.8. The number of rotatable bonds is 8. The van der Waals surface area contributed by atoms with Crippen LogP contribution in [0.25, 0.3) is 0 Å². The number of fused-ring (bicyclic) bond motifs is 4. The van der Waals surface area contributed by atoms with Gasteiger partial charge in [0.15, 0.2) is 0 Å². The van der Waals surface area contributed by atoms with Gasteiger partial charge in [0.2, 0.25) is 0 Å². The fourth-order valence-electron chi connectivity index (χ4n) is 12.2. The molecule has 0 amide bonds. The predicted molar refractivity (Wildman–Crippen MR) is 138 cm³/mol. The van der Waals surface area contributed by atoms with Crippen LogP contribution in [0.5, 0.6) is 0 Å². The molecule has 8 atom stereocenters. The zero-order valence-corrected chi connectivity index (χ0v) is 22.8. The lowest BCUT2D eigenvalue weighted by atomic mass is 9.43. The highest BCUT2D eigenvalue weighted by Crippen LogP contribution is 2.68. The second kappa shape index (κ2) is 8.22. The van der Waals surface area contributed by atoms with Crippen LogP contribution >= 0.6 is 0 Å². The summed E-state index contributed by atoms with van der Waals surface area (Å²) in [7, 11) is 0. The van der Waals surface area contributed by atoms with Gasteiger partial charge < -0.3 is 9.47 Å². The minimum Gasteiger partial charge on any atom is -0.459 e. The summed E-state index contributed by atoms with van der Waals surface area (Å²) >= 11 is 0. The quantitative estimate of drug-likeness (QED) is 0.329. The standard InChI is InChI=1S/C32H48O4/c1-3-31(16-21-5-7-25(31)10-21)35-27(33)18-29-12-23-9-24(13-29)15-30(14-23,20-29)19-28(34)36-32(4-2)17-22-6-8-26(32)11-22/h21-26H,3-20H2,1-2H3/t21-,22+,23?,24?,25+,26-,29?,30?,31+,32-. The van der Waals surface area contributed by atoms with E-state index in [0.29, 0.717) is 36.5 Å². The molecule has 0 spiro atoms. The topological polar surface area (TPSA) is 52.6 Å². The van der Waals surface area contributed by atoms with Crippen molar-refractivity contribution in [1.29, 1.82) is 0 Å². The Morgan fingerprint density at radius 2 is 1.06 bits per heavy atom. The molecule has 8 aliphatic carbocycles. The van der Waals surface area contributed by atoms with E-state index in [9.17, 15) is 9.59 Å². The molecule has 0 aliphatic heterocycles. The third-order valence-corrected chi connectivity index (χ3v) is 13.0. The lowest BCUT2D eigenvalue weighted by Crippen LogP contribution is -2.54. The summed E-state index contributed by atoms with van der Waals surface area (Å²) in [4.78, 5) is 27.0. The van der Waals surface area contributed by atoms with Crippen LogP contribution in [0.1, 0.15) is 129 Å². The molecule has 0 aromatic heterocycles. The Bertz CT molecular complexity index is 841. The van der Waals surface area contributed by atoms with E-state index >= 15 is 0 Å². The Hall–Kier alpha value is -1.06. The van der Waals surface area contributed by atoms with Crippen molar-refractivity contribution in [3.05, 3.63) is 0 Å². The monoisotopic (exact) mass is 496 g/mol. The van der Waals surface area contributed by atoms with Gasteiger partial charge in [-0.15, -0.1) is 0 Å². The first-order chi connectivity index (χ1) is 17.3. The van der Waals surface area contributed by atoms with Gasteiger partial charge in [0.05, 0.1) is 12.8 Å². The van der Waals surface area contributed by atoms with Crippen molar-refractivity contribution in [2.75, 3.05) is 0 Å². The lowest BCUT2D eigenvalue weighted by molar-refractivity contribution is -0.184. The van der Waals surface area contributed by atoms with Crippen LogP contribution in [0.15, 0.2) is 0 Å². The van der Waals surface area contributed by atoms with Crippen LogP contribution in [-0.4, -0.2) is 23.1 Å². The second-order valence-corrected chi connectivity index (χ2v) is 15.3. The Labute approximate surface area is 218 Å². The molecule has 8 aliphatic rings. The molecule has 36 heavy (non-hydrogen) atoms. The van der Waals surface area contributed by atoms with E-state index in [1.54, 1.807) is 0 Å². The van der Waals surface area contributed by atoms with Gasteiger partial charge in [-0.3, -0.25) is 9.59 Å². The van der Waals surface area contributed by atoms with Crippen LogP contribution in [0, 0.1) is 46.3 Å². The molecule has 8 bridgehead atoms. The van der Waals surface area contributed by atoms with E-state index in [-0.39, 0.29) is 34.0 Å². The van der Waals surface area contributed by atoms with Gasteiger partial charge in [-0.25, -0.2) is 0 Å². The van der Waals surface area contributed by atoms with Gasteiger partial charge in [0.1, 0.15) is 11.2 Å². The van der Waals surface area contributed by atoms with Gasteiger partial charge >= 0.3 is 11.9 Å². The van der Waals surface area contributed by atoms with Gasteiger partial charge in [0.25, 0.3) is 0 Å². The van der Waals surface area contributed by atoms with Crippen molar-refractivity contribution < 1.29 is 19.1 Å². The Morgan fingerprint density at radius 3 is 1.39 bits per heavy atom. The van der Waals surface area contributed by atoms with Crippen molar-refractivity contribution in [3.8, 4) is 0 Å². The van der Waals surface area contributed by atoms with Crippen LogP contribution in [0.2, 0.25) is 0 Å². The van der Waals surface area contributed by atoms with E-state index in [4.69, 9.17) is 9.47 Å². The highest BCUT2D eigenvalue weighted by molar-refractivity contribution is 5.72. The molecule has 0 N–H and O–H groups in total. The lowest BCUT2D eigenvalue weighted by Gasteiger charge is -2.62. The average molecular weight is 497 g/mol. The molecule has 0 radical (unpaired) electrons. The average Bonchev–Trinajstić information content (AvgIpc) is 3.58. The van der Waals surface area contributed by atoms with Crippen molar-refractivity contribution in [2.24, 2.45) is 46.3 Å². The van der Waals surface area contributed by atoms with Gasteiger partial charge in [-0.2, -0.15) is 0 Å². The van der Waals surface area contributed by atoms with Crippen molar-refractivity contribution >= 4 is 11.9 Å². The molecule has 0 saturated heterocycles. The summed E-state index contributed by atoms with van der Waals surface area (Å²) in [6.45, 7) is 4.44. The molecule has 8 fully saturated rings. The second-order valence-electron chi connectivity index (χ2n) is 15.3. The number of carbonyl (C=O) groups is 2. The van der Waals surface area contributed by atoms with E-state index in [1.807, 2.05) is 0 Å². The minimum atomic E-state index is -0.182. The minimum absolute atomic E-state index is 0.0584. The smallest absolute Gasteiger partial charge is 0.306 e. The maximum Gasteiger partial charge on any atom is 0.306 e. The molecule has 0 heterocycles. The molecule has 200 valence electrons. The zero-order valence-electron chi connectivity index (χ0n) is 22.8. The largest absolute Gasteiger partial charge is 0.459 e. The van der Waals surface area contributed by atoms with Gasteiger partial charge in [-0.05, 0) is 149 Å². The Morgan fingerprint density at radius 1 is 0.611 bits per heavy atom. The van der Waals surface area contributed by atoms with Crippen molar-refractivity contribution in [2.45, 2.75) is 141 Å². The molecular weight excluding hydrogens is 448 g/mol. The molecule has 2 unspecified atom stereocenters. The van der Waals surface area contributed by atoms with Crippen molar-refractivity contribution in [1.82, 2.24) is 0 Å². The van der Waals surface area contributed by atoms with E-state index in [1.165, 1.54) is 70.6 Å². The van der Waals surface area contributed by atoms with E-state index < -0.39 is 0 Å². The number of carbonyl (C=O) groups excluding carboxylic acids is 2. The van der Waals surface area contributed by atoms with Crippen LogP contribution in [-0.2, 0) is 19.1 Å². The summed E-state index contributed by atoms with van der Waals surface area (Å²) in [6.07, 6.45) is 20.0. The fraction of sp³-hybridized carbons (Fsp3) is 0.938. The molecule has 8 saturated carbocycles. The van der Waals surface area contributed by atoms with E-state index in [2.05, 4.69) is 13.8 Å². The van der Waals surface area contributed by atoms with Crippen LogP contribution in [0.4, 0.5) is 0 Å². The molecule has 4 nitrogen and oxygen atoms in total. The van der Waals surface area contributed by atoms with Crippen molar-refractivity contribution in [3.63, 3.8) is 0 Å². The molecular formula is C32H48O4. The number of esters is 2. The summed E-state index contributed by atoms with van der Waals surface area (Å²) < 4.78 is 12.9. The maximum absolute atomic E-state index is 13.5. The highest BCUT2D eigenvalue weighted by Gasteiger charge is 2.60.